The summed E-state index contributed by atoms with van der Waals surface area (Å²) in [5, 5.41) is 3.59. The van der Waals surface area contributed by atoms with Crippen molar-refractivity contribution in [3.8, 4) is 0 Å². The molecular formula is C17H34N2. The standard InChI is InChI=1S/C17H34N2/c1-17(2)12-10-14(11-13-17)19(4)16-9-7-5-6-8-15(16)18-3/h14-16,18H,5-13H2,1-4H3. The predicted octanol–water partition coefficient (Wildman–Crippen LogP) is 3.81. The van der Waals surface area contributed by atoms with Crippen LogP contribution in [0.4, 0.5) is 0 Å². The number of hydrogen-bond acceptors (Lipinski definition) is 2. The molecule has 0 aromatic heterocycles. The first-order valence-corrected chi connectivity index (χ1v) is 8.43. The Morgan fingerprint density at radius 3 is 2.21 bits per heavy atom. The molecule has 0 saturated heterocycles. The molecule has 0 bridgehead atoms. The van der Waals surface area contributed by atoms with Crippen LogP contribution in [0.5, 0.6) is 0 Å². The highest BCUT2D eigenvalue weighted by molar-refractivity contribution is 4.90. The molecule has 1 N–H and O–H groups in total. The van der Waals surface area contributed by atoms with Crippen molar-refractivity contribution in [1.82, 2.24) is 10.2 Å². The molecule has 2 unspecified atom stereocenters. The van der Waals surface area contributed by atoms with Crippen molar-refractivity contribution >= 4 is 0 Å². The summed E-state index contributed by atoms with van der Waals surface area (Å²) in [7, 11) is 4.55. The van der Waals surface area contributed by atoms with Crippen molar-refractivity contribution in [1.29, 1.82) is 0 Å². The molecule has 0 amide bonds. The Labute approximate surface area is 120 Å². The lowest BCUT2D eigenvalue weighted by Crippen LogP contribution is -2.51. The first-order valence-electron chi connectivity index (χ1n) is 8.43. The summed E-state index contributed by atoms with van der Waals surface area (Å²) in [6, 6.07) is 2.30. The van der Waals surface area contributed by atoms with Crippen LogP contribution < -0.4 is 5.32 Å². The van der Waals surface area contributed by atoms with Crippen LogP contribution in [-0.4, -0.2) is 37.1 Å². The van der Waals surface area contributed by atoms with Crippen LogP contribution in [0.15, 0.2) is 0 Å². The molecule has 2 rings (SSSR count). The highest BCUT2D eigenvalue weighted by Crippen LogP contribution is 2.38. The van der Waals surface area contributed by atoms with E-state index in [-0.39, 0.29) is 0 Å². The second-order valence-corrected chi connectivity index (χ2v) is 7.66. The zero-order valence-corrected chi connectivity index (χ0v) is 13.5. The van der Waals surface area contributed by atoms with Crippen molar-refractivity contribution in [2.75, 3.05) is 14.1 Å². The van der Waals surface area contributed by atoms with Crippen LogP contribution in [0.2, 0.25) is 0 Å². The minimum absolute atomic E-state index is 0.587. The summed E-state index contributed by atoms with van der Waals surface area (Å²) in [5.41, 5.74) is 0.587. The lowest BCUT2D eigenvalue weighted by Gasteiger charge is -2.43. The first kappa shape index (κ1) is 15.3. The molecule has 2 aliphatic carbocycles. The van der Waals surface area contributed by atoms with Crippen molar-refractivity contribution in [2.45, 2.75) is 89.8 Å². The summed E-state index contributed by atoms with van der Waals surface area (Å²) in [5.74, 6) is 0. The monoisotopic (exact) mass is 266 g/mol. The van der Waals surface area contributed by atoms with Crippen LogP contribution in [0.1, 0.15) is 71.6 Å². The Morgan fingerprint density at radius 2 is 1.58 bits per heavy atom. The van der Waals surface area contributed by atoms with Crippen LogP contribution in [0.3, 0.4) is 0 Å². The van der Waals surface area contributed by atoms with E-state index in [4.69, 9.17) is 0 Å². The first-order chi connectivity index (χ1) is 9.03. The molecule has 0 spiro atoms. The zero-order valence-electron chi connectivity index (χ0n) is 13.5. The quantitative estimate of drug-likeness (QED) is 0.782. The van der Waals surface area contributed by atoms with E-state index in [1.165, 1.54) is 57.8 Å². The molecular weight excluding hydrogens is 232 g/mol. The summed E-state index contributed by atoms with van der Waals surface area (Å²) in [6.07, 6.45) is 12.6. The number of likely N-dealkylation sites (N-methyl/N-ethyl adjacent to an activating group) is 2. The number of nitrogens with one attached hydrogen (secondary N) is 1. The van der Waals surface area contributed by atoms with Crippen LogP contribution in [-0.2, 0) is 0 Å². The number of nitrogens with zero attached hydrogens (tertiary/aromatic N) is 1. The van der Waals surface area contributed by atoms with Gasteiger partial charge in [-0.2, -0.15) is 0 Å². The van der Waals surface area contributed by atoms with Gasteiger partial charge in [-0.3, -0.25) is 4.90 Å². The van der Waals surface area contributed by atoms with E-state index in [2.05, 4.69) is 38.2 Å². The van der Waals surface area contributed by atoms with E-state index >= 15 is 0 Å². The maximum Gasteiger partial charge on any atom is 0.0249 e. The summed E-state index contributed by atoms with van der Waals surface area (Å²) >= 11 is 0. The zero-order chi connectivity index (χ0) is 13.9. The minimum Gasteiger partial charge on any atom is -0.315 e. The Kier molecular flexibility index (Phi) is 5.30. The lowest BCUT2D eigenvalue weighted by atomic mass is 9.75. The molecule has 2 atom stereocenters. The molecule has 0 radical (unpaired) electrons. The van der Waals surface area contributed by atoms with E-state index in [9.17, 15) is 0 Å². The Bertz CT molecular complexity index is 264. The molecule has 2 aliphatic rings. The molecule has 2 fully saturated rings. The fourth-order valence-corrected chi connectivity index (χ4v) is 4.17. The largest absolute Gasteiger partial charge is 0.315 e. The van der Waals surface area contributed by atoms with Gasteiger partial charge in [0.2, 0.25) is 0 Å². The normalized spacial score (nSPS) is 33.3. The van der Waals surface area contributed by atoms with Crippen molar-refractivity contribution in [3.05, 3.63) is 0 Å². The molecule has 19 heavy (non-hydrogen) atoms. The Morgan fingerprint density at radius 1 is 0.947 bits per heavy atom. The maximum atomic E-state index is 3.59. The van der Waals surface area contributed by atoms with Gasteiger partial charge in [-0.25, -0.2) is 0 Å². The van der Waals surface area contributed by atoms with Crippen LogP contribution in [0, 0.1) is 5.41 Å². The number of hydrogen-bond donors (Lipinski definition) is 1. The Balaban J connectivity index is 1.95. The summed E-state index contributed by atoms with van der Waals surface area (Å²) in [4.78, 5) is 2.74. The van der Waals surface area contributed by atoms with Crippen molar-refractivity contribution in [2.24, 2.45) is 5.41 Å². The summed E-state index contributed by atoms with van der Waals surface area (Å²) in [6.45, 7) is 4.87. The van der Waals surface area contributed by atoms with Gasteiger partial charge in [0.1, 0.15) is 0 Å². The topological polar surface area (TPSA) is 15.3 Å². The van der Waals surface area contributed by atoms with Gasteiger partial charge in [0.15, 0.2) is 0 Å². The fraction of sp³-hybridized carbons (Fsp3) is 1.00. The molecule has 112 valence electrons. The van der Waals surface area contributed by atoms with E-state index in [1.54, 1.807) is 0 Å². The molecule has 0 aromatic rings. The minimum atomic E-state index is 0.587. The molecule has 0 heterocycles. The Hall–Kier alpha value is -0.0800. The molecule has 2 nitrogen and oxygen atoms in total. The second kappa shape index (κ2) is 6.58. The van der Waals surface area contributed by atoms with Crippen LogP contribution >= 0.6 is 0 Å². The molecule has 0 aliphatic heterocycles. The van der Waals surface area contributed by atoms with Gasteiger partial charge in [0, 0.05) is 18.1 Å². The van der Waals surface area contributed by atoms with Gasteiger partial charge in [-0.05, 0) is 58.0 Å². The summed E-state index contributed by atoms with van der Waals surface area (Å²) < 4.78 is 0. The number of rotatable bonds is 3. The average Bonchev–Trinajstić information content (AvgIpc) is 2.62. The predicted molar refractivity (Wildman–Crippen MR) is 83.5 cm³/mol. The third-order valence-corrected chi connectivity index (χ3v) is 5.76. The highest BCUT2D eigenvalue weighted by Gasteiger charge is 2.34. The molecule has 2 heteroatoms. The van der Waals surface area contributed by atoms with E-state index in [0.29, 0.717) is 11.5 Å². The smallest absolute Gasteiger partial charge is 0.0249 e. The van der Waals surface area contributed by atoms with Crippen molar-refractivity contribution < 1.29 is 0 Å². The van der Waals surface area contributed by atoms with E-state index < -0.39 is 0 Å². The highest BCUT2D eigenvalue weighted by atomic mass is 15.2. The third kappa shape index (κ3) is 3.95. The van der Waals surface area contributed by atoms with E-state index in [0.717, 1.165) is 12.1 Å². The van der Waals surface area contributed by atoms with Crippen molar-refractivity contribution in [3.63, 3.8) is 0 Å². The van der Waals surface area contributed by atoms with Gasteiger partial charge in [0.05, 0.1) is 0 Å². The van der Waals surface area contributed by atoms with Gasteiger partial charge in [0.25, 0.3) is 0 Å². The molecule has 0 aromatic carbocycles. The second-order valence-electron chi connectivity index (χ2n) is 7.66. The third-order valence-electron chi connectivity index (χ3n) is 5.76. The maximum absolute atomic E-state index is 3.59. The van der Waals surface area contributed by atoms with E-state index in [1.807, 2.05) is 0 Å². The molecule has 2 saturated carbocycles. The van der Waals surface area contributed by atoms with Crippen LogP contribution in [0.25, 0.3) is 0 Å². The SMILES string of the molecule is CNC1CCCCCC1N(C)C1CCC(C)(C)CC1. The average molecular weight is 266 g/mol. The fourth-order valence-electron chi connectivity index (χ4n) is 4.17. The van der Waals surface area contributed by atoms with Gasteiger partial charge >= 0.3 is 0 Å². The lowest BCUT2D eigenvalue weighted by molar-refractivity contribution is 0.0755. The van der Waals surface area contributed by atoms with Gasteiger partial charge in [-0.1, -0.05) is 33.1 Å². The van der Waals surface area contributed by atoms with Gasteiger partial charge < -0.3 is 5.32 Å². The van der Waals surface area contributed by atoms with Gasteiger partial charge in [-0.15, -0.1) is 0 Å².